The Bertz CT molecular complexity index is 878. The zero-order valence-electron chi connectivity index (χ0n) is 15.3. The van der Waals surface area contributed by atoms with Crippen molar-refractivity contribution in [2.45, 2.75) is 39.2 Å². The predicted molar refractivity (Wildman–Crippen MR) is 96.3 cm³/mol. The summed E-state index contributed by atoms with van der Waals surface area (Å²) in [6.45, 7) is 4.84. The molecule has 0 fully saturated rings. The van der Waals surface area contributed by atoms with Crippen LogP contribution < -0.4 is 0 Å². The second-order valence-electron chi connectivity index (χ2n) is 8.06. The topological polar surface area (TPSA) is 66.8 Å². The highest BCUT2D eigenvalue weighted by Gasteiger charge is 2.47. The summed E-state index contributed by atoms with van der Waals surface area (Å²) >= 11 is 0. The van der Waals surface area contributed by atoms with E-state index in [9.17, 15) is 14.7 Å². The molecule has 3 aliphatic rings. The monoisotopic (exact) mass is 353 g/mol. The average molecular weight is 353 g/mol. The van der Waals surface area contributed by atoms with E-state index in [1.807, 2.05) is 18.2 Å². The van der Waals surface area contributed by atoms with Crippen molar-refractivity contribution in [3.05, 3.63) is 58.0 Å². The fourth-order valence-electron chi connectivity index (χ4n) is 4.55. The number of fused-ring (bicyclic) bond motifs is 4. The number of aliphatic hydroxyl groups excluding tert-OH is 1. The van der Waals surface area contributed by atoms with Crippen molar-refractivity contribution in [1.82, 2.24) is 4.90 Å². The van der Waals surface area contributed by atoms with Crippen molar-refractivity contribution in [3.8, 4) is 0 Å². The van der Waals surface area contributed by atoms with Gasteiger partial charge in [-0.1, -0.05) is 38.1 Å². The molecule has 0 spiro atoms. The maximum Gasteiger partial charge on any atom is 0.340 e. The minimum atomic E-state index is -0.585. The number of hydrogen-bond donors (Lipinski definition) is 1. The standard InChI is InChI=1S/C21H23NO4/c1-21(2)10-14-16(15(23)11-21)19(24)17(20(25)26-3)18-13-7-5-4-6-12(13)8-9-22(14)18/h4-7,18,24H,8-11H2,1-3H3. The molecule has 5 nitrogen and oxygen atoms in total. The lowest BCUT2D eigenvalue weighted by Gasteiger charge is -2.47. The number of benzene rings is 1. The Morgan fingerprint density at radius 1 is 1.27 bits per heavy atom. The lowest BCUT2D eigenvalue weighted by molar-refractivity contribution is -0.137. The van der Waals surface area contributed by atoms with Gasteiger partial charge < -0.3 is 14.7 Å². The Morgan fingerprint density at radius 3 is 2.73 bits per heavy atom. The van der Waals surface area contributed by atoms with Crippen LogP contribution in [0.5, 0.6) is 0 Å². The minimum absolute atomic E-state index is 0.104. The second kappa shape index (κ2) is 5.73. The maximum absolute atomic E-state index is 12.8. The molecule has 1 aromatic carbocycles. The maximum atomic E-state index is 12.8. The van der Waals surface area contributed by atoms with E-state index in [4.69, 9.17) is 4.74 Å². The van der Waals surface area contributed by atoms with Gasteiger partial charge in [0.2, 0.25) is 0 Å². The largest absolute Gasteiger partial charge is 0.506 e. The van der Waals surface area contributed by atoms with Crippen LogP contribution in [0.3, 0.4) is 0 Å². The molecule has 0 bridgehead atoms. The smallest absolute Gasteiger partial charge is 0.340 e. The van der Waals surface area contributed by atoms with Crippen molar-refractivity contribution in [2.24, 2.45) is 5.41 Å². The highest BCUT2D eigenvalue weighted by atomic mass is 16.5. The molecule has 1 unspecified atom stereocenters. The van der Waals surface area contributed by atoms with Crippen molar-refractivity contribution in [1.29, 1.82) is 0 Å². The van der Waals surface area contributed by atoms with Gasteiger partial charge in [-0.3, -0.25) is 4.79 Å². The van der Waals surface area contributed by atoms with Crippen LogP contribution in [0.15, 0.2) is 46.9 Å². The summed E-state index contributed by atoms with van der Waals surface area (Å²) in [6.07, 6.45) is 1.90. The van der Waals surface area contributed by atoms with Crippen LogP contribution in [-0.4, -0.2) is 35.4 Å². The highest BCUT2D eigenvalue weighted by molar-refractivity contribution is 6.04. The summed E-state index contributed by atoms with van der Waals surface area (Å²) in [6, 6.07) is 7.56. The van der Waals surface area contributed by atoms with E-state index in [1.54, 1.807) is 0 Å². The molecule has 0 amide bonds. The molecule has 1 aliphatic carbocycles. The van der Waals surface area contributed by atoms with Gasteiger partial charge in [0.05, 0.1) is 18.7 Å². The van der Waals surface area contributed by atoms with Crippen molar-refractivity contribution >= 4 is 11.8 Å². The summed E-state index contributed by atoms with van der Waals surface area (Å²) in [7, 11) is 1.30. The molecule has 0 aromatic heterocycles. The van der Waals surface area contributed by atoms with Crippen LogP contribution in [0.25, 0.3) is 0 Å². The fraction of sp³-hybridized carbons (Fsp3) is 0.429. The zero-order valence-corrected chi connectivity index (χ0v) is 15.3. The number of allylic oxidation sites excluding steroid dienone is 2. The molecule has 2 aliphatic heterocycles. The summed E-state index contributed by atoms with van der Waals surface area (Å²) in [5.74, 6) is -0.892. The molecule has 5 heteroatoms. The normalized spacial score (nSPS) is 24.0. The van der Waals surface area contributed by atoms with Crippen LogP contribution in [0.2, 0.25) is 0 Å². The summed E-state index contributed by atoms with van der Waals surface area (Å²) < 4.78 is 4.96. The molecule has 1 atom stereocenters. The van der Waals surface area contributed by atoms with E-state index in [2.05, 4.69) is 24.8 Å². The first-order chi connectivity index (χ1) is 12.3. The number of ketones is 1. The van der Waals surface area contributed by atoms with E-state index < -0.39 is 12.0 Å². The third kappa shape index (κ3) is 2.37. The van der Waals surface area contributed by atoms with Crippen LogP contribution >= 0.6 is 0 Å². The van der Waals surface area contributed by atoms with Gasteiger partial charge in [0.1, 0.15) is 11.3 Å². The second-order valence-corrected chi connectivity index (χ2v) is 8.06. The molecule has 2 heterocycles. The number of carbonyl (C=O) groups is 2. The Morgan fingerprint density at radius 2 is 2.00 bits per heavy atom. The van der Waals surface area contributed by atoms with Crippen molar-refractivity contribution in [2.75, 3.05) is 13.7 Å². The van der Waals surface area contributed by atoms with E-state index in [-0.39, 0.29) is 22.5 Å². The number of methoxy groups -OCH3 is 1. The van der Waals surface area contributed by atoms with Gasteiger partial charge in [-0.15, -0.1) is 0 Å². The third-order valence-electron chi connectivity index (χ3n) is 5.65. The number of esters is 1. The summed E-state index contributed by atoms with van der Waals surface area (Å²) in [5.41, 5.74) is 3.32. The van der Waals surface area contributed by atoms with Gasteiger partial charge in [0, 0.05) is 18.7 Å². The quantitative estimate of drug-likeness (QED) is 0.785. The Kier molecular flexibility index (Phi) is 3.72. The zero-order chi connectivity index (χ0) is 18.6. The number of hydrogen-bond acceptors (Lipinski definition) is 5. The number of carbonyl (C=O) groups excluding carboxylic acids is 2. The number of Topliss-reactive ketones (excluding diaryl/α,β-unsaturated/α-hetero) is 1. The molecule has 0 saturated heterocycles. The minimum Gasteiger partial charge on any atom is -0.506 e. The van der Waals surface area contributed by atoms with E-state index in [0.29, 0.717) is 25.0 Å². The van der Waals surface area contributed by atoms with Gasteiger partial charge in [0.15, 0.2) is 5.78 Å². The Hall–Kier alpha value is -2.56. The molecular formula is C21H23NO4. The number of rotatable bonds is 1. The van der Waals surface area contributed by atoms with E-state index in [0.717, 1.165) is 23.2 Å². The van der Waals surface area contributed by atoms with E-state index >= 15 is 0 Å². The average Bonchev–Trinajstić information content (AvgIpc) is 2.59. The van der Waals surface area contributed by atoms with Crippen molar-refractivity contribution in [3.63, 3.8) is 0 Å². The molecule has 1 aromatic rings. The number of nitrogens with zero attached hydrogens (tertiary/aromatic N) is 1. The first kappa shape index (κ1) is 16.9. The first-order valence-corrected chi connectivity index (χ1v) is 8.96. The fourth-order valence-corrected chi connectivity index (χ4v) is 4.55. The van der Waals surface area contributed by atoms with Crippen LogP contribution in [0, 0.1) is 5.41 Å². The van der Waals surface area contributed by atoms with Crippen LogP contribution in [-0.2, 0) is 20.7 Å². The molecule has 1 N–H and O–H groups in total. The number of ether oxygens (including phenoxy) is 1. The lowest BCUT2D eigenvalue weighted by atomic mass is 9.71. The molecule has 0 saturated carbocycles. The van der Waals surface area contributed by atoms with E-state index in [1.165, 1.54) is 7.11 Å². The lowest BCUT2D eigenvalue weighted by Crippen LogP contribution is -2.45. The van der Waals surface area contributed by atoms with Crippen molar-refractivity contribution < 1.29 is 19.4 Å². The van der Waals surface area contributed by atoms with Gasteiger partial charge in [0.25, 0.3) is 0 Å². The highest BCUT2D eigenvalue weighted by Crippen LogP contribution is 2.50. The third-order valence-corrected chi connectivity index (χ3v) is 5.65. The van der Waals surface area contributed by atoms with Gasteiger partial charge in [-0.25, -0.2) is 4.79 Å². The van der Waals surface area contributed by atoms with Gasteiger partial charge in [-0.2, -0.15) is 0 Å². The summed E-state index contributed by atoms with van der Waals surface area (Å²) in [5, 5.41) is 10.9. The SMILES string of the molecule is COC(=O)C1=C(O)C2=C(CC(C)(C)CC2=O)N2CCc3ccccc3C12. The first-order valence-electron chi connectivity index (χ1n) is 8.96. The molecular weight excluding hydrogens is 330 g/mol. The predicted octanol–water partition coefficient (Wildman–Crippen LogP) is 3.23. The molecule has 4 rings (SSSR count). The Labute approximate surface area is 152 Å². The van der Waals surface area contributed by atoms with Gasteiger partial charge >= 0.3 is 5.97 Å². The Balaban J connectivity index is 1.97. The summed E-state index contributed by atoms with van der Waals surface area (Å²) in [4.78, 5) is 27.5. The van der Waals surface area contributed by atoms with Crippen LogP contribution in [0.4, 0.5) is 0 Å². The number of aliphatic hydroxyl groups is 1. The molecule has 26 heavy (non-hydrogen) atoms. The molecule has 0 radical (unpaired) electrons. The van der Waals surface area contributed by atoms with Crippen LogP contribution in [0.1, 0.15) is 43.9 Å². The molecule has 136 valence electrons. The van der Waals surface area contributed by atoms with Gasteiger partial charge in [-0.05, 0) is 29.4 Å².